The maximum absolute atomic E-state index is 5.51. The molecule has 0 saturated carbocycles. The molecule has 0 aliphatic carbocycles. The van der Waals surface area contributed by atoms with Crippen molar-refractivity contribution in [2.75, 3.05) is 32.8 Å². The van der Waals surface area contributed by atoms with E-state index >= 15 is 0 Å². The largest absolute Gasteiger partial charge is 0.379 e. The SMILES string of the molecule is C=C(CCN1CCOCC1)Cc1cc(CCCCC)cc(CC)c1C/C=C(\C)CCC=C(C)C. The predicted octanol–water partition coefficient (Wildman–Crippen LogP) is 8.04. The Bertz CT molecular complexity index is 807. The van der Waals surface area contributed by atoms with E-state index in [9.17, 15) is 0 Å². The van der Waals surface area contributed by atoms with Gasteiger partial charge in [0.25, 0.3) is 0 Å². The summed E-state index contributed by atoms with van der Waals surface area (Å²) in [7, 11) is 0. The Morgan fingerprint density at radius 2 is 1.74 bits per heavy atom. The van der Waals surface area contributed by atoms with Gasteiger partial charge < -0.3 is 4.74 Å². The van der Waals surface area contributed by atoms with E-state index in [0.717, 1.165) is 71.4 Å². The number of hydrogen-bond acceptors (Lipinski definition) is 2. The lowest BCUT2D eigenvalue weighted by atomic mass is 9.88. The average molecular weight is 466 g/mol. The zero-order chi connectivity index (χ0) is 24.8. The molecular weight excluding hydrogens is 414 g/mol. The summed E-state index contributed by atoms with van der Waals surface area (Å²) in [4.78, 5) is 2.52. The Morgan fingerprint density at radius 1 is 1.00 bits per heavy atom. The molecule has 2 heteroatoms. The first-order chi connectivity index (χ1) is 16.4. The van der Waals surface area contributed by atoms with Crippen LogP contribution < -0.4 is 0 Å². The van der Waals surface area contributed by atoms with Crippen LogP contribution in [0.3, 0.4) is 0 Å². The normalized spacial score (nSPS) is 14.9. The number of ether oxygens (including phenoxy) is 1. The lowest BCUT2D eigenvalue weighted by Gasteiger charge is -2.27. The second-order valence-electron chi connectivity index (χ2n) is 10.4. The second kappa shape index (κ2) is 16.1. The van der Waals surface area contributed by atoms with Gasteiger partial charge in [-0.25, -0.2) is 0 Å². The summed E-state index contributed by atoms with van der Waals surface area (Å²) in [6, 6.07) is 5.01. The monoisotopic (exact) mass is 465 g/mol. The predicted molar refractivity (Wildman–Crippen MR) is 150 cm³/mol. The molecule has 1 saturated heterocycles. The topological polar surface area (TPSA) is 12.5 Å². The summed E-state index contributed by atoms with van der Waals surface area (Å²) < 4.78 is 5.51. The van der Waals surface area contributed by atoms with Gasteiger partial charge in [-0.3, -0.25) is 4.90 Å². The van der Waals surface area contributed by atoms with Gasteiger partial charge in [0.1, 0.15) is 0 Å². The molecule has 1 aromatic carbocycles. The Kier molecular flexibility index (Phi) is 13.5. The highest BCUT2D eigenvalue weighted by atomic mass is 16.5. The van der Waals surface area contributed by atoms with Crippen molar-refractivity contribution in [2.24, 2.45) is 0 Å². The summed E-state index contributed by atoms with van der Waals surface area (Å²) in [5.41, 5.74) is 10.4. The minimum atomic E-state index is 0.871. The molecular formula is C32H51NO. The van der Waals surface area contributed by atoms with E-state index in [0.29, 0.717) is 0 Å². The fraction of sp³-hybridized carbons (Fsp3) is 0.625. The van der Waals surface area contributed by atoms with Crippen LogP contribution in [0.25, 0.3) is 0 Å². The highest BCUT2D eigenvalue weighted by Crippen LogP contribution is 2.25. The number of hydrogen-bond donors (Lipinski definition) is 0. The smallest absolute Gasteiger partial charge is 0.0594 e. The van der Waals surface area contributed by atoms with Crippen molar-refractivity contribution >= 4 is 0 Å². The van der Waals surface area contributed by atoms with Crippen molar-refractivity contribution in [1.82, 2.24) is 4.90 Å². The van der Waals surface area contributed by atoms with Crippen molar-refractivity contribution in [1.29, 1.82) is 0 Å². The molecule has 0 spiro atoms. The minimum Gasteiger partial charge on any atom is -0.379 e. The zero-order valence-corrected chi connectivity index (χ0v) is 23.0. The van der Waals surface area contributed by atoms with E-state index in [1.54, 1.807) is 11.1 Å². The molecule has 1 fully saturated rings. The van der Waals surface area contributed by atoms with Crippen LogP contribution in [0.15, 0.2) is 47.6 Å². The third-order valence-electron chi connectivity index (χ3n) is 7.02. The maximum Gasteiger partial charge on any atom is 0.0594 e. The van der Waals surface area contributed by atoms with Crippen LogP contribution in [0.4, 0.5) is 0 Å². The molecule has 1 aromatic rings. The van der Waals surface area contributed by atoms with Crippen molar-refractivity contribution in [3.8, 4) is 0 Å². The molecule has 0 aromatic heterocycles. The first-order valence-corrected chi connectivity index (χ1v) is 13.8. The van der Waals surface area contributed by atoms with Gasteiger partial charge in [-0.2, -0.15) is 0 Å². The molecule has 0 amide bonds. The van der Waals surface area contributed by atoms with Gasteiger partial charge in [0.2, 0.25) is 0 Å². The summed E-state index contributed by atoms with van der Waals surface area (Å²) in [6.07, 6.45) is 16.5. The number of morpholine rings is 1. The molecule has 1 aliphatic heterocycles. The molecule has 34 heavy (non-hydrogen) atoms. The number of allylic oxidation sites excluding steroid dienone is 4. The maximum atomic E-state index is 5.51. The lowest BCUT2D eigenvalue weighted by Crippen LogP contribution is -2.36. The quantitative estimate of drug-likeness (QED) is 0.192. The third kappa shape index (κ3) is 10.7. The van der Waals surface area contributed by atoms with Crippen LogP contribution in [0.1, 0.15) is 95.4 Å². The van der Waals surface area contributed by atoms with Crippen LogP contribution in [0.5, 0.6) is 0 Å². The van der Waals surface area contributed by atoms with Crippen LogP contribution in [0.2, 0.25) is 0 Å². The number of aryl methyl sites for hydroxylation is 2. The number of unbranched alkanes of at least 4 members (excludes halogenated alkanes) is 2. The van der Waals surface area contributed by atoms with Gasteiger partial charge in [0.15, 0.2) is 0 Å². The molecule has 1 heterocycles. The molecule has 0 radical (unpaired) electrons. The number of benzene rings is 1. The van der Waals surface area contributed by atoms with Crippen LogP contribution in [-0.4, -0.2) is 37.7 Å². The van der Waals surface area contributed by atoms with E-state index in [1.165, 1.54) is 53.5 Å². The van der Waals surface area contributed by atoms with Gasteiger partial charge in [0, 0.05) is 19.6 Å². The summed E-state index contributed by atoms with van der Waals surface area (Å²) in [6.45, 7) is 20.7. The standard InChI is InChI=1S/C32H51NO/c1-7-9-10-14-29-24-30(8-2)32(16-15-27(5)13-11-12-26(3)4)31(25-29)23-28(6)17-18-33-19-21-34-22-20-33/h12,15,24-25H,6-11,13-14,16-23H2,1-5H3/b27-15+. The minimum absolute atomic E-state index is 0.871. The first-order valence-electron chi connectivity index (χ1n) is 13.8. The first kappa shape index (κ1) is 28.6. The lowest BCUT2D eigenvalue weighted by molar-refractivity contribution is 0.0384. The average Bonchev–Trinajstić information content (AvgIpc) is 2.82. The fourth-order valence-corrected chi connectivity index (χ4v) is 4.79. The highest BCUT2D eigenvalue weighted by Gasteiger charge is 2.13. The number of rotatable bonds is 15. The Balaban J connectivity index is 2.16. The summed E-state index contributed by atoms with van der Waals surface area (Å²) >= 11 is 0. The van der Waals surface area contributed by atoms with Crippen molar-refractivity contribution in [2.45, 2.75) is 98.8 Å². The van der Waals surface area contributed by atoms with E-state index in [4.69, 9.17) is 4.74 Å². The van der Waals surface area contributed by atoms with Crippen LogP contribution >= 0.6 is 0 Å². The van der Waals surface area contributed by atoms with Gasteiger partial charge in [-0.15, -0.1) is 0 Å². The molecule has 2 nitrogen and oxygen atoms in total. The van der Waals surface area contributed by atoms with E-state index in [-0.39, 0.29) is 0 Å². The van der Waals surface area contributed by atoms with Crippen LogP contribution in [0, 0.1) is 0 Å². The Hall–Kier alpha value is -1.64. The summed E-state index contributed by atoms with van der Waals surface area (Å²) in [5.74, 6) is 0. The van der Waals surface area contributed by atoms with Crippen molar-refractivity contribution in [3.05, 3.63) is 69.8 Å². The van der Waals surface area contributed by atoms with Crippen LogP contribution in [-0.2, 0) is 30.4 Å². The van der Waals surface area contributed by atoms with E-state index in [2.05, 4.69) is 70.4 Å². The Morgan fingerprint density at radius 3 is 2.41 bits per heavy atom. The van der Waals surface area contributed by atoms with Gasteiger partial charge in [-0.05, 0) is 94.4 Å². The van der Waals surface area contributed by atoms with Gasteiger partial charge in [0.05, 0.1) is 13.2 Å². The van der Waals surface area contributed by atoms with Gasteiger partial charge >= 0.3 is 0 Å². The molecule has 0 N–H and O–H groups in total. The van der Waals surface area contributed by atoms with E-state index < -0.39 is 0 Å². The molecule has 0 atom stereocenters. The van der Waals surface area contributed by atoms with Crippen molar-refractivity contribution < 1.29 is 4.74 Å². The fourth-order valence-electron chi connectivity index (χ4n) is 4.79. The van der Waals surface area contributed by atoms with Gasteiger partial charge in [-0.1, -0.05) is 74.3 Å². The second-order valence-corrected chi connectivity index (χ2v) is 10.4. The summed E-state index contributed by atoms with van der Waals surface area (Å²) in [5, 5.41) is 0. The molecule has 2 rings (SSSR count). The van der Waals surface area contributed by atoms with E-state index in [1.807, 2.05) is 0 Å². The zero-order valence-electron chi connectivity index (χ0n) is 23.0. The molecule has 190 valence electrons. The highest BCUT2D eigenvalue weighted by molar-refractivity contribution is 5.43. The number of nitrogens with zero attached hydrogens (tertiary/aromatic N) is 1. The molecule has 0 unspecified atom stereocenters. The van der Waals surface area contributed by atoms with Crippen molar-refractivity contribution in [3.63, 3.8) is 0 Å². The molecule has 0 bridgehead atoms. The Labute approximate surface area is 211 Å². The molecule has 1 aliphatic rings. The third-order valence-corrected chi connectivity index (χ3v) is 7.02.